The molecule has 1 aromatic rings. The van der Waals surface area contributed by atoms with E-state index in [4.69, 9.17) is 5.73 Å². The van der Waals surface area contributed by atoms with E-state index in [1.807, 2.05) is 0 Å². The minimum Gasteiger partial charge on any atom is -0.399 e. The number of anilines is 1. The quantitative estimate of drug-likeness (QED) is 0.309. The third-order valence-electron chi connectivity index (χ3n) is 1.97. The molecule has 0 spiro atoms. The monoisotopic (exact) mass is 220 g/mol. The van der Waals surface area contributed by atoms with Gasteiger partial charge in [-0.1, -0.05) is 0 Å². The van der Waals surface area contributed by atoms with Crippen LogP contribution in [0.4, 0.5) is 5.69 Å². The molecule has 0 atom stereocenters. The van der Waals surface area contributed by atoms with E-state index in [0.29, 0.717) is 17.7 Å². The molecule has 0 unspecified atom stereocenters. The van der Waals surface area contributed by atoms with Crippen LogP contribution >= 0.6 is 0 Å². The lowest BCUT2D eigenvalue weighted by atomic mass is 10.1. The zero-order chi connectivity index (χ0) is 12.0. The smallest absolute Gasteiger partial charge is 0.207 e. The zero-order valence-corrected chi connectivity index (χ0v) is 8.60. The molecule has 1 rings (SSSR count). The Labute approximate surface area is 92.6 Å². The van der Waals surface area contributed by atoms with Gasteiger partial charge in [-0.25, -0.2) is 0 Å². The number of carbonyl (C=O) groups excluding carboxylic acids is 3. The van der Waals surface area contributed by atoms with Crippen molar-refractivity contribution in [2.24, 2.45) is 0 Å². The molecule has 0 bridgehead atoms. The second-order valence-corrected chi connectivity index (χ2v) is 3.26. The molecule has 5 heteroatoms. The number of amides is 1. The van der Waals surface area contributed by atoms with Crippen LogP contribution in [0, 0.1) is 0 Å². The van der Waals surface area contributed by atoms with E-state index in [1.165, 1.54) is 0 Å². The Morgan fingerprint density at radius 2 is 1.88 bits per heavy atom. The van der Waals surface area contributed by atoms with Crippen molar-refractivity contribution in [1.82, 2.24) is 5.32 Å². The first-order valence-corrected chi connectivity index (χ1v) is 4.71. The fourth-order valence-electron chi connectivity index (χ4n) is 1.17. The largest absolute Gasteiger partial charge is 0.399 e. The van der Waals surface area contributed by atoms with Crippen LogP contribution in [0.1, 0.15) is 16.8 Å². The summed E-state index contributed by atoms with van der Waals surface area (Å²) in [5.74, 6) is -0.605. The summed E-state index contributed by atoms with van der Waals surface area (Å²) in [5.41, 5.74) is 6.47. The highest BCUT2D eigenvalue weighted by atomic mass is 16.2. The third kappa shape index (κ3) is 3.53. The van der Waals surface area contributed by atoms with Crippen LogP contribution in [-0.2, 0) is 9.59 Å². The number of ketones is 2. The number of hydrogen-bond acceptors (Lipinski definition) is 4. The number of nitrogen functional groups attached to an aromatic ring is 1. The lowest BCUT2D eigenvalue weighted by Crippen LogP contribution is -2.23. The first-order chi connectivity index (χ1) is 7.63. The van der Waals surface area contributed by atoms with E-state index in [1.54, 1.807) is 24.3 Å². The Bertz CT molecular complexity index is 398. The third-order valence-corrected chi connectivity index (χ3v) is 1.97. The van der Waals surface area contributed by atoms with Crippen LogP contribution in [0.5, 0.6) is 0 Å². The molecule has 0 aliphatic rings. The topological polar surface area (TPSA) is 89.3 Å². The summed E-state index contributed by atoms with van der Waals surface area (Å²) in [6, 6.07) is 6.33. The van der Waals surface area contributed by atoms with Crippen molar-refractivity contribution in [2.45, 2.75) is 6.42 Å². The van der Waals surface area contributed by atoms with Crippen LogP contribution < -0.4 is 11.1 Å². The molecule has 1 amide bonds. The zero-order valence-electron chi connectivity index (χ0n) is 8.60. The van der Waals surface area contributed by atoms with Gasteiger partial charge in [-0.05, 0) is 24.3 Å². The lowest BCUT2D eigenvalue weighted by molar-refractivity contribution is -0.119. The SMILES string of the molecule is Nc1ccc(C(=O)CC(=O)CNC=O)cc1. The first kappa shape index (κ1) is 11.9. The summed E-state index contributed by atoms with van der Waals surface area (Å²) in [7, 11) is 0. The maximum Gasteiger partial charge on any atom is 0.207 e. The van der Waals surface area contributed by atoms with E-state index in [2.05, 4.69) is 5.32 Å². The van der Waals surface area contributed by atoms with E-state index in [9.17, 15) is 14.4 Å². The Morgan fingerprint density at radius 3 is 2.44 bits per heavy atom. The lowest BCUT2D eigenvalue weighted by Gasteiger charge is -2.01. The molecule has 0 radical (unpaired) electrons. The van der Waals surface area contributed by atoms with E-state index in [-0.39, 0.29) is 24.5 Å². The van der Waals surface area contributed by atoms with Crippen molar-refractivity contribution in [3.63, 3.8) is 0 Å². The molecule has 0 heterocycles. The summed E-state index contributed by atoms with van der Waals surface area (Å²) in [6.45, 7) is -0.121. The molecular formula is C11H12N2O3. The van der Waals surface area contributed by atoms with E-state index >= 15 is 0 Å². The summed E-state index contributed by atoms with van der Waals surface area (Å²) in [6.07, 6.45) is 0.205. The Balaban J connectivity index is 2.55. The number of Topliss-reactive ketones (excluding diaryl/α,β-unsaturated/α-hetero) is 2. The normalized spacial score (nSPS) is 9.50. The van der Waals surface area contributed by atoms with Gasteiger partial charge in [-0.3, -0.25) is 14.4 Å². The van der Waals surface area contributed by atoms with Gasteiger partial charge < -0.3 is 11.1 Å². The van der Waals surface area contributed by atoms with Crippen LogP contribution in [0.15, 0.2) is 24.3 Å². The van der Waals surface area contributed by atoms with E-state index < -0.39 is 0 Å². The second kappa shape index (κ2) is 5.65. The average molecular weight is 220 g/mol. The molecule has 5 nitrogen and oxygen atoms in total. The van der Waals surface area contributed by atoms with Crippen molar-refractivity contribution in [2.75, 3.05) is 12.3 Å². The van der Waals surface area contributed by atoms with Crippen LogP contribution in [0.25, 0.3) is 0 Å². The van der Waals surface area contributed by atoms with Gasteiger partial charge >= 0.3 is 0 Å². The summed E-state index contributed by atoms with van der Waals surface area (Å²) in [4.78, 5) is 32.7. The van der Waals surface area contributed by atoms with Crippen LogP contribution in [0.3, 0.4) is 0 Å². The van der Waals surface area contributed by atoms with Gasteiger partial charge in [0, 0.05) is 11.3 Å². The van der Waals surface area contributed by atoms with Crippen LogP contribution in [0.2, 0.25) is 0 Å². The van der Waals surface area contributed by atoms with Gasteiger partial charge in [0.15, 0.2) is 11.6 Å². The minimum atomic E-state index is -0.325. The number of hydrogen-bond donors (Lipinski definition) is 2. The molecule has 0 saturated carbocycles. The first-order valence-electron chi connectivity index (χ1n) is 4.71. The van der Waals surface area contributed by atoms with Gasteiger partial charge in [-0.15, -0.1) is 0 Å². The number of nitrogens with two attached hydrogens (primary N) is 1. The molecule has 0 aliphatic heterocycles. The molecule has 0 aromatic heterocycles. The Kier molecular flexibility index (Phi) is 4.20. The molecule has 0 saturated heterocycles. The van der Waals surface area contributed by atoms with Crippen LogP contribution in [-0.4, -0.2) is 24.5 Å². The van der Waals surface area contributed by atoms with Crippen molar-refractivity contribution in [3.8, 4) is 0 Å². The maximum atomic E-state index is 11.6. The molecule has 0 aliphatic carbocycles. The predicted molar refractivity (Wildman–Crippen MR) is 58.9 cm³/mol. The Hall–Kier alpha value is -2.17. The van der Waals surface area contributed by atoms with Crippen molar-refractivity contribution in [3.05, 3.63) is 29.8 Å². The predicted octanol–water partition coefficient (Wildman–Crippen LogP) is 0.157. The van der Waals surface area contributed by atoms with Gasteiger partial charge in [0.2, 0.25) is 6.41 Å². The molecule has 3 N–H and O–H groups in total. The maximum absolute atomic E-state index is 11.6. The molecule has 84 valence electrons. The number of rotatable bonds is 6. The molecular weight excluding hydrogens is 208 g/mol. The fourth-order valence-corrected chi connectivity index (χ4v) is 1.17. The molecule has 0 fully saturated rings. The number of carbonyl (C=O) groups is 3. The van der Waals surface area contributed by atoms with Crippen molar-refractivity contribution in [1.29, 1.82) is 0 Å². The van der Waals surface area contributed by atoms with E-state index in [0.717, 1.165) is 0 Å². The summed E-state index contributed by atoms with van der Waals surface area (Å²) < 4.78 is 0. The van der Waals surface area contributed by atoms with Gasteiger partial charge in [0.1, 0.15) is 0 Å². The molecule has 16 heavy (non-hydrogen) atoms. The highest BCUT2D eigenvalue weighted by Gasteiger charge is 2.10. The summed E-state index contributed by atoms with van der Waals surface area (Å²) in [5, 5.41) is 2.21. The Morgan fingerprint density at radius 1 is 1.25 bits per heavy atom. The number of nitrogens with one attached hydrogen (secondary N) is 1. The second-order valence-electron chi connectivity index (χ2n) is 3.26. The highest BCUT2D eigenvalue weighted by molar-refractivity contribution is 6.08. The highest BCUT2D eigenvalue weighted by Crippen LogP contribution is 2.07. The van der Waals surface area contributed by atoms with Crippen molar-refractivity contribution < 1.29 is 14.4 Å². The van der Waals surface area contributed by atoms with Crippen molar-refractivity contribution >= 4 is 23.7 Å². The standard InChI is InChI=1S/C11H12N2O3/c12-9-3-1-8(2-4-9)11(16)5-10(15)6-13-7-14/h1-4,7H,5-6,12H2,(H,13,14). The van der Waals surface area contributed by atoms with Gasteiger partial charge in [0.25, 0.3) is 0 Å². The molecule has 1 aromatic carbocycles. The van der Waals surface area contributed by atoms with Gasteiger partial charge in [-0.2, -0.15) is 0 Å². The minimum absolute atomic E-state index is 0.121. The summed E-state index contributed by atoms with van der Waals surface area (Å²) >= 11 is 0. The average Bonchev–Trinajstić information content (AvgIpc) is 2.27. The number of benzene rings is 1. The van der Waals surface area contributed by atoms with Gasteiger partial charge in [0.05, 0.1) is 13.0 Å². The fraction of sp³-hybridized carbons (Fsp3) is 0.182.